The summed E-state index contributed by atoms with van der Waals surface area (Å²) in [4.78, 5) is 14.9. The van der Waals surface area contributed by atoms with Gasteiger partial charge in [-0.05, 0) is 55.4 Å². The molecule has 2 aliphatic heterocycles. The molecule has 136 valence electrons. The summed E-state index contributed by atoms with van der Waals surface area (Å²) in [5, 5.41) is 0. The molecular weight excluding hydrogens is 340 g/mol. The fourth-order valence-corrected chi connectivity index (χ4v) is 5.82. The van der Waals surface area contributed by atoms with Crippen molar-refractivity contribution in [3.63, 3.8) is 0 Å². The van der Waals surface area contributed by atoms with Crippen LogP contribution in [0.4, 0.5) is 0 Å². The van der Waals surface area contributed by atoms with Gasteiger partial charge in [0.05, 0.1) is 18.1 Å². The largest absolute Gasteiger partial charge is 0.378 e. The fraction of sp³-hybridized carbons (Fsp3) is 0.611. The molecule has 1 atom stereocenters. The van der Waals surface area contributed by atoms with E-state index in [-0.39, 0.29) is 5.91 Å². The van der Waals surface area contributed by atoms with Gasteiger partial charge in [-0.1, -0.05) is 6.07 Å². The fourth-order valence-electron chi connectivity index (χ4n) is 4.11. The third-order valence-corrected chi connectivity index (χ3v) is 7.39. The smallest absolute Gasteiger partial charge is 0.243 e. The summed E-state index contributed by atoms with van der Waals surface area (Å²) in [6, 6.07) is 4.88. The highest BCUT2D eigenvalue weighted by Crippen LogP contribution is 2.30. The van der Waals surface area contributed by atoms with E-state index in [2.05, 4.69) is 0 Å². The van der Waals surface area contributed by atoms with Gasteiger partial charge in [0, 0.05) is 19.6 Å². The van der Waals surface area contributed by atoms with Gasteiger partial charge < -0.3 is 9.64 Å². The minimum Gasteiger partial charge on any atom is -0.378 e. The first-order chi connectivity index (χ1) is 12.1. The van der Waals surface area contributed by atoms with E-state index in [0.29, 0.717) is 44.2 Å². The Hall–Kier alpha value is -1.44. The molecule has 0 saturated carbocycles. The Balaban J connectivity index is 1.59. The lowest BCUT2D eigenvalue weighted by Crippen LogP contribution is -2.50. The van der Waals surface area contributed by atoms with E-state index in [1.54, 1.807) is 11.0 Å². The van der Waals surface area contributed by atoms with E-state index in [0.717, 1.165) is 31.2 Å². The summed E-state index contributed by atoms with van der Waals surface area (Å²) >= 11 is 0. The molecule has 25 heavy (non-hydrogen) atoms. The van der Waals surface area contributed by atoms with Crippen LogP contribution in [0.1, 0.15) is 30.4 Å². The second-order valence-electron chi connectivity index (χ2n) is 7.00. The summed E-state index contributed by atoms with van der Waals surface area (Å²) in [5.74, 6) is -0.0782. The van der Waals surface area contributed by atoms with Crippen molar-refractivity contribution in [2.75, 3.05) is 32.8 Å². The molecule has 0 radical (unpaired) electrons. The van der Waals surface area contributed by atoms with Gasteiger partial charge in [0.1, 0.15) is 6.04 Å². The first-order valence-corrected chi connectivity index (χ1v) is 10.5. The van der Waals surface area contributed by atoms with Crippen LogP contribution < -0.4 is 0 Å². The normalized spacial score (nSPS) is 24.5. The molecule has 2 fully saturated rings. The summed E-state index contributed by atoms with van der Waals surface area (Å²) < 4.78 is 33.0. The molecule has 6 nitrogen and oxygen atoms in total. The van der Waals surface area contributed by atoms with E-state index in [1.807, 2.05) is 12.1 Å². The maximum Gasteiger partial charge on any atom is 0.243 e. The van der Waals surface area contributed by atoms with Crippen LogP contribution in [0.15, 0.2) is 23.1 Å². The third kappa shape index (κ3) is 3.09. The summed E-state index contributed by atoms with van der Waals surface area (Å²) in [7, 11) is -3.64. The molecule has 1 amide bonds. The van der Waals surface area contributed by atoms with Gasteiger partial charge in [-0.3, -0.25) is 4.79 Å². The molecule has 4 rings (SSSR count). The Labute approximate surface area is 148 Å². The molecule has 1 aromatic rings. The number of nitrogens with zero attached hydrogens (tertiary/aromatic N) is 2. The zero-order chi connectivity index (χ0) is 17.4. The molecule has 2 saturated heterocycles. The second-order valence-corrected chi connectivity index (χ2v) is 8.89. The van der Waals surface area contributed by atoms with Crippen molar-refractivity contribution in [1.82, 2.24) is 9.21 Å². The Kier molecular flexibility index (Phi) is 4.56. The topological polar surface area (TPSA) is 66.9 Å². The van der Waals surface area contributed by atoms with Crippen molar-refractivity contribution >= 4 is 15.9 Å². The Morgan fingerprint density at radius 3 is 2.60 bits per heavy atom. The third-order valence-electron chi connectivity index (χ3n) is 5.49. The predicted molar refractivity (Wildman–Crippen MR) is 92.8 cm³/mol. The predicted octanol–water partition coefficient (Wildman–Crippen LogP) is 1.19. The Morgan fingerprint density at radius 1 is 1.04 bits per heavy atom. The minimum absolute atomic E-state index is 0.0782. The average Bonchev–Trinajstić information content (AvgIpc) is 3.30. The number of ether oxygens (including phenoxy) is 1. The maximum atomic E-state index is 13.2. The first kappa shape index (κ1) is 17.0. The SMILES string of the molecule is O=C(C1CCCN1S(=O)(=O)c1ccc2c(c1)CCC2)N1CCOCC1. The summed E-state index contributed by atoms with van der Waals surface area (Å²) in [6.45, 7) is 2.55. The van der Waals surface area contributed by atoms with Gasteiger partial charge in [0.25, 0.3) is 0 Å². The van der Waals surface area contributed by atoms with E-state index in [1.165, 1.54) is 9.87 Å². The zero-order valence-electron chi connectivity index (χ0n) is 14.3. The van der Waals surface area contributed by atoms with Crippen LogP contribution in [0.3, 0.4) is 0 Å². The molecule has 1 aliphatic carbocycles. The number of sulfonamides is 1. The minimum atomic E-state index is -3.64. The summed E-state index contributed by atoms with van der Waals surface area (Å²) in [6.07, 6.45) is 4.37. The van der Waals surface area contributed by atoms with E-state index < -0.39 is 16.1 Å². The molecule has 0 spiro atoms. The molecule has 7 heteroatoms. The van der Waals surface area contributed by atoms with E-state index in [9.17, 15) is 13.2 Å². The maximum absolute atomic E-state index is 13.2. The zero-order valence-corrected chi connectivity index (χ0v) is 15.1. The summed E-state index contributed by atoms with van der Waals surface area (Å²) in [5.41, 5.74) is 2.39. The lowest BCUT2D eigenvalue weighted by molar-refractivity contribution is -0.138. The molecule has 0 aromatic heterocycles. The van der Waals surface area contributed by atoms with E-state index in [4.69, 9.17) is 4.74 Å². The van der Waals surface area contributed by atoms with Crippen LogP contribution in [-0.4, -0.2) is 62.4 Å². The van der Waals surface area contributed by atoms with Gasteiger partial charge >= 0.3 is 0 Å². The van der Waals surface area contributed by atoms with Crippen LogP contribution in [-0.2, 0) is 32.4 Å². The highest BCUT2D eigenvalue weighted by Gasteiger charge is 2.41. The number of carbonyl (C=O) groups excluding carboxylic acids is 1. The molecular formula is C18H24N2O4S. The van der Waals surface area contributed by atoms with E-state index >= 15 is 0 Å². The lowest BCUT2D eigenvalue weighted by Gasteiger charge is -2.32. The monoisotopic (exact) mass is 364 g/mol. The van der Waals surface area contributed by atoms with Crippen molar-refractivity contribution in [3.8, 4) is 0 Å². The van der Waals surface area contributed by atoms with Crippen molar-refractivity contribution in [3.05, 3.63) is 29.3 Å². The number of hydrogen-bond acceptors (Lipinski definition) is 4. The van der Waals surface area contributed by atoms with Crippen molar-refractivity contribution in [2.45, 2.75) is 43.0 Å². The number of morpholine rings is 1. The molecule has 1 unspecified atom stereocenters. The second kappa shape index (κ2) is 6.70. The number of fused-ring (bicyclic) bond motifs is 1. The van der Waals surface area contributed by atoms with Gasteiger partial charge in [0.15, 0.2) is 0 Å². The molecule has 2 heterocycles. The highest BCUT2D eigenvalue weighted by molar-refractivity contribution is 7.89. The number of rotatable bonds is 3. The van der Waals surface area contributed by atoms with Crippen molar-refractivity contribution in [1.29, 1.82) is 0 Å². The van der Waals surface area contributed by atoms with Gasteiger partial charge in [-0.15, -0.1) is 0 Å². The molecule has 1 aromatic carbocycles. The quantitative estimate of drug-likeness (QED) is 0.808. The van der Waals surface area contributed by atoms with Gasteiger partial charge in [0.2, 0.25) is 15.9 Å². The molecule has 3 aliphatic rings. The number of carbonyl (C=O) groups is 1. The van der Waals surface area contributed by atoms with Crippen LogP contribution in [0, 0.1) is 0 Å². The number of benzene rings is 1. The molecule has 0 N–H and O–H groups in total. The number of aryl methyl sites for hydroxylation is 2. The first-order valence-electron chi connectivity index (χ1n) is 9.07. The Morgan fingerprint density at radius 2 is 1.80 bits per heavy atom. The standard InChI is InChI=1S/C18H24N2O4S/c21-18(19-9-11-24-12-10-19)17-5-2-8-20(17)25(22,23)16-7-6-14-3-1-4-15(14)13-16/h6-7,13,17H,1-5,8-12H2. The number of hydrogen-bond donors (Lipinski definition) is 0. The van der Waals surface area contributed by atoms with Crippen molar-refractivity contribution < 1.29 is 17.9 Å². The molecule has 0 bridgehead atoms. The van der Waals surface area contributed by atoms with Crippen LogP contribution in [0.2, 0.25) is 0 Å². The number of amides is 1. The highest BCUT2D eigenvalue weighted by atomic mass is 32.2. The van der Waals surface area contributed by atoms with Crippen LogP contribution in [0.5, 0.6) is 0 Å². The van der Waals surface area contributed by atoms with Gasteiger partial charge in [-0.2, -0.15) is 4.31 Å². The van der Waals surface area contributed by atoms with Gasteiger partial charge in [-0.25, -0.2) is 8.42 Å². The Bertz CT molecular complexity index is 771. The van der Waals surface area contributed by atoms with Crippen molar-refractivity contribution in [2.24, 2.45) is 0 Å². The van der Waals surface area contributed by atoms with Crippen LogP contribution in [0.25, 0.3) is 0 Å². The lowest BCUT2D eigenvalue weighted by atomic mass is 10.1. The average molecular weight is 364 g/mol. The van der Waals surface area contributed by atoms with Crippen LogP contribution >= 0.6 is 0 Å².